The van der Waals surface area contributed by atoms with E-state index in [9.17, 15) is 0 Å². The van der Waals surface area contributed by atoms with E-state index in [-0.39, 0.29) is 0 Å². The van der Waals surface area contributed by atoms with Crippen LogP contribution in [-0.4, -0.2) is 25.8 Å². The number of benzene rings is 1. The molecule has 1 aliphatic rings. The van der Waals surface area contributed by atoms with Gasteiger partial charge in [-0.1, -0.05) is 30.7 Å². The van der Waals surface area contributed by atoms with Crippen LogP contribution in [-0.2, 0) is 11.2 Å². The van der Waals surface area contributed by atoms with E-state index in [2.05, 4.69) is 44.3 Å². The minimum Gasteiger partial charge on any atom is -0.381 e. The van der Waals surface area contributed by atoms with Gasteiger partial charge in [0.15, 0.2) is 0 Å². The SMILES string of the molecule is CCNC(Cc1cc(C)ccc1C)C1CCOCC1. The molecule has 19 heavy (non-hydrogen) atoms. The van der Waals surface area contributed by atoms with Gasteiger partial charge in [-0.15, -0.1) is 0 Å². The number of hydrogen-bond acceptors (Lipinski definition) is 2. The van der Waals surface area contributed by atoms with Gasteiger partial charge in [-0.05, 0) is 56.7 Å². The van der Waals surface area contributed by atoms with Crippen molar-refractivity contribution < 1.29 is 4.74 Å². The zero-order valence-electron chi connectivity index (χ0n) is 12.5. The first-order valence-corrected chi connectivity index (χ1v) is 7.58. The third kappa shape index (κ3) is 4.05. The number of aryl methyl sites for hydroxylation is 2. The average molecular weight is 261 g/mol. The minimum atomic E-state index is 0.592. The Morgan fingerprint density at radius 3 is 2.68 bits per heavy atom. The summed E-state index contributed by atoms with van der Waals surface area (Å²) in [6.07, 6.45) is 3.54. The van der Waals surface area contributed by atoms with Gasteiger partial charge in [-0.2, -0.15) is 0 Å². The second-order valence-electron chi connectivity index (χ2n) is 5.75. The number of likely N-dealkylation sites (N-methyl/N-ethyl adjacent to an activating group) is 1. The third-order valence-corrected chi connectivity index (χ3v) is 4.25. The molecule has 0 bridgehead atoms. The van der Waals surface area contributed by atoms with E-state index in [1.807, 2.05) is 0 Å². The molecule has 0 aromatic heterocycles. The second-order valence-corrected chi connectivity index (χ2v) is 5.75. The minimum absolute atomic E-state index is 0.592. The molecule has 0 spiro atoms. The summed E-state index contributed by atoms with van der Waals surface area (Å²) in [6, 6.07) is 7.39. The van der Waals surface area contributed by atoms with E-state index in [1.54, 1.807) is 0 Å². The van der Waals surface area contributed by atoms with Gasteiger partial charge in [0.2, 0.25) is 0 Å². The van der Waals surface area contributed by atoms with Crippen molar-refractivity contribution in [3.63, 3.8) is 0 Å². The zero-order valence-corrected chi connectivity index (χ0v) is 12.5. The summed E-state index contributed by atoms with van der Waals surface area (Å²) in [5.74, 6) is 0.758. The van der Waals surface area contributed by atoms with Crippen molar-refractivity contribution >= 4 is 0 Å². The van der Waals surface area contributed by atoms with Gasteiger partial charge in [0, 0.05) is 19.3 Å². The molecular formula is C17H27NO. The highest BCUT2D eigenvalue weighted by atomic mass is 16.5. The van der Waals surface area contributed by atoms with Gasteiger partial charge in [0.1, 0.15) is 0 Å². The van der Waals surface area contributed by atoms with Crippen molar-refractivity contribution in [1.82, 2.24) is 5.32 Å². The highest BCUT2D eigenvalue weighted by Crippen LogP contribution is 2.23. The van der Waals surface area contributed by atoms with Crippen LogP contribution in [0.1, 0.15) is 36.5 Å². The first-order chi connectivity index (χ1) is 9.20. The van der Waals surface area contributed by atoms with E-state index >= 15 is 0 Å². The van der Waals surface area contributed by atoms with E-state index < -0.39 is 0 Å². The van der Waals surface area contributed by atoms with Crippen molar-refractivity contribution in [1.29, 1.82) is 0 Å². The molecule has 106 valence electrons. The molecule has 1 N–H and O–H groups in total. The summed E-state index contributed by atoms with van der Waals surface area (Å²) < 4.78 is 5.49. The number of hydrogen-bond donors (Lipinski definition) is 1. The summed E-state index contributed by atoms with van der Waals surface area (Å²) in [7, 11) is 0. The quantitative estimate of drug-likeness (QED) is 0.878. The van der Waals surface area contributed by atoms with Crippen LogP contribution in [0.25, 0.3) is 0 Å². The maximum absolute atomic E-state index is 5.49. The molecule has 1 aromatic carbocycles. The molecule has 0 aliphatic carbocycles. The molecule has 2 nitrogen and oxygen atoms in total. The predicted molar refractivity (Wildman–Crippen MR) is 80.6 cm³/mol. The first-order valence-electron chi connectivity index (χ1n) is 7.58. The molecule has 0 amide bonds. The Labute approximate surface area is 117 Å². The molecule has 1 fully saturated rings. The van der Waals surface area contributed by atoms with E-state index in [0.717, 1.165) is 32.1 Å². The van der Waals surface area contributed by atoms with Crippen LogP contribution >= 0.6 is 0 Å². The Morgan fingerprint density at radius 1 is 1.26 bits per heavy atom. The van der Waals surface area contributed by atoms with Gasteiger partial charge in [0.05, 0.1) is 0 Å². The Bertz CT molecular complexity index is 396. The molecule has 0 saturated carbocycles. The maximum atomic E-state index is 5.49. The smallest absolute Gasteiger partial charge is 0.0469 e. The fourth-order valence-corrected chi connectivity index (χ4v) is 3.04. The van der Waals surface area contributed by atoms with Crippen molar-refractivity contribution in [2.75, 3.05) is 19.8 Å². The Hall–Kier alpha value is -0.860. The highest BCUT2D eigenvalue weighted by Gasteiger charge is 2.23. The van der Waals surface area contributed by atoms with Gasteiger partial charge in [-0.3, -0.25) is 0 Å². The lowest BCUT2D eigenvalue weighted by Crippen LogP contribution is -2.40. The fourth-order valence-electron chi connectivity index (χ4n) is 3.04. The van der Waals surface area contributed by atoms with Crippen LogP contribution in [0.15, 0.2) is 18.2 Å². The molecule has 0 radical (unpaired) electrons. The van der Waals surface area contributed by atoms with E-state index in [0.29, 0.717) is 6.04 Å². The van der Waals surface area contributed by atoms with Crippen LogP contribution < -0.4 is 5.32 Å². The lowest BCUT2D eigenvalue weighted by Gasteiger charge is -2.31. The monoisotopic (exact) mass is 261 g/mol. The van der Waals surface area contributed by atoms with Crippen molar-refractivity contribution in [3.8, 4) is 0 Å². The fraction of sp³-hybridized carbons (Fsp3) is 0.647. The molecule has 1 atom stereocenters. The maximum Gasteiger partial charge on any atom is 0.0469 e. The van der Waals surface area contributed by atoms with Crippen molar-refractivity contribution in [2.24, 2.45) is 5.92 Å². The molecule has 1 heterocycles. The molecular weight excluding hydrogens is 234 g/mol. The molecule has 2 rings (SSSR count). The Kier molecular flexibility index (Phi) is 5.41. The van der Waals surface area contributed by atoms with Crippen LogP contribution in [0.3, 0.4) is 0 Å². The van der Waals surface area contributed by atoms with Gasteiger partial charge in [-0.25, -0.2) is 0 Å². The average Bonchev–Trinajstić information content (AvgIpc) is 2.43. The van der Waals surface area contributed by atoms with Gasteiger partial charge in [0.25, 0.3) is 0 Å². The second kappa shape index (κ2) is 7.06. The van der Waals surface area contributed by atoms with Gasteiger partial charge >= 0.3 is 0 Å². The van der Waals surface area contributed by atoms with Crippen LogP contribution in [0.5, 0.6) is 0 Å². The van der Waals surface area contributed by atoms with Crippen molar-refractivity contribution in [3.05, 3.63) is 34.9 Å². The number of rotatable bonds is 5. The highest BCUT2D eigenvalue weighted by molar-refractivity contribution is 5.31. The van der Waals surface area contributed by atoms with E-state index in [4.69, 9.17) is 4.74 Å². The van der Waals surface area contributed by atoms with Gasteiger partial charge < -0.3 is 10.1 Å². The van der Waals surface area contributed by atoms with Crippen LogP contribution in [0, 0.1) is 19.8 Å². The van der Waals surface area contributed by atoms with Crippen molar-refractivity contribution in [2.45, 2.75) is 46.1 Å². The molecule has 1 unspecified atom stereocenters. The lowest BCUT2D eigenvalue weighted by atomic mass is 9.86. The zero-order chi connectivity index (χ0) is 13.7. The summed E-state index contributed by atoms with van der Waals surface area (Å²) in [5, 5.41) is 3.69. The van der Waals surface area contributed by atoms with E-state index in [1.165, 1.54) is 29.5 Å². The van der Waals surface area contributed by atoms with Crippen LogP contribution in [0.2, 0.25) is 0 Å². The number of ether oxygens (including phenoxy) is 1. The summed E-state index contributed by atoms with van der Waals surface area (Å²) in [6.45, 7) is 9.52. The summed E-state index contributed by atoms with van der Waals surface area (Å²) in [4.78, 5) is 0. The molecule has 1 saturated heterocycles. The molecule has 1 aromatic rings. The first kappa shape index (κ1) is 14.5. The van der Waals surface area contributed by atoms with Crippen LogP contribution in [0.4, 0.5) is 0 Å². The topological polar surface area (TPSA) is 21.3 Å². The Morgan fingerprint density at radius 2 is 2.00 bits per heavy atom. The molecule has 2 heteroatoms. The predicted octanol–water partition coefficient (Wildman–Crippen LogP) is 3.25. The molecule has 1 aliphatic heterocycles. The largest absolute Gasteiger partial charge is 0.381 e. The Balaban J connectivity index is 2.08. The summed E-state index contributed by atoms with van der Waals surface area (Å²) in [5.41, 5.74) is 4.28. The normalized spacial score (nSPS) is 18.5. The third-order valence-electron chi connectivity index (χ3n) is 4.25. The standard InChI is InChI=1S/C17H27NO/c1-4-18-17(15-7-9-19-10-8-15)12-16-11-13(2)5-6-14(16)3/h5-6,11,15,17-18H,4,7-10,12H2,1-3H3. The summed E-state index contributed by atoms with van der Waals surface area (Å²) >= 11 is 0. The number of nitrogens with one attached hydrogen (secondary N) is 1. The lowest BCUT2D eigenvalue weighted by molar-refractivity contribution is 0.0539.